The minimum absolute atomic E-state index is 0.121. The van der Waals surface area contributed by atoms with Crippen molar-refractivity contribution in [3.05, 3.63) is 46.6 Å². The zero-order valence-corrected chi connectivity index (χ0v) is 12.7. The highest BCUT2D eigenvalue weighted by Crippen LogP contribution is 2.28. The van der Waals surface area contributed by atoms with Crippen molar-refractivity contribution >= 4 is 38.8 Å². The van der Waals surface area contributed by atoms with Crippen molar-refractivity contribution in [1.29, 1.82) is 0 Å². The van der Waals surface area contributed by atoms with Crippen LogP contribution < -0.4 is 5.01 Å². The standard InChI is InChI=1S/C13H10N6O3S/c1-8-11(15-16-13-14-7-10(23-13)19(21)22)12(20)18(17-8)9-5-3-2-4-6-9/h2-7,11H,1H3. The lowest BCUT2D eigenvalue weighted by molar-refractivity contribution is -0.380. The van der Waals surface area contributed by atoms with E-state index in [0.29, 0.717) is 11.4 Å². The number of hydrogen-bond donors (Lipinski definition) is 0. The van der Waals surface area contributed by atoms with E-state index < -0.39 is 11.0 Å². The van der Waals surface area contributed by atoms with Crippen molar-refractivity contribution in [2.75, 3.05) is 5.01 Å². The molecule has 0 saturated heterocycles. The van der Waals surface area contributed by atoms with Crippen LogP contribution in [0.2, 0.25) is 0 Å². The molecule has 0 aliphatic carbocycles. The quantitative estimate of drug-likeness (QED) is 0.487. The second-order valence-electron chi connectivity index (χ2n) is 4.58. The lowest BCUT2D eigenvalue weighted by Gasteiger charge is -2.11. The third-order valence-corrected chi connectivity index (χ3v) is 3.85. The second-order valence-corrected chi connectivity index (χ2v) is 5.57. The van der Waals surface area contributed by atoms with Gasteiger partial charge in [0.05, 0.1) is 16.3 Å². The van der Waals surface area contributed by atoms with Crippen LogP contribution in [0.25, 0.3) is 0 Å². The number of aromatic nitrogens is 1. The summed E-state index contributed by atoms with van der Waals surface area (Å²) in [6.07, 6.45) is 1.10. The Kier molecular flexibility index (Phi) is 3.89. The summed E-state index contributed by atoms with van der Waals surface area (Å²) in [5, 5.41) is 23.8. The van der Waals surface area contributed by atoms with Crippen LogP contribution in [0.1, 0.15) is 6.92 Å². The van der Waals surface area contributed by atoms with E-state index in [-0.39, 0.29) is 16.0 Å². The van der Waals surface area contributed by atoms with Crippen LogP contribution in [0, 0.1) is 10.1 Å². The minimum atomic E-state index is -0.849. The number of amides is 1. The van der Waals surface area contributed by atoms with E-state index in [2.05, 4.69) is 20.3 Å². The number of azo groups is 1. The summed E-state index contributed by atoms with van der Waals surface area (Å²) in [5.41, 5.74) is 1.13. The molecule has 1 aliphatic rings. The Hall–Kier alpha value is -3.01. The van der Waals surface area contributed by atoms with Gasteiger partial charge in [0.2, 0.25) is 5.13 Å². The van der Waals surface area contributed by atoms with Crippen molar-refractivity contribution in [3.8, 4) is 0 Å². The van der Waals surface area contributed by atoms with Crippen molar-refractivity contribution in [2.45, 2.75) is 13.0 Å². The highest BCUT2D eigenvalue weighted by Gasteiger charge is 2.34. The summed E-state index contributed by atoms with van der Waals surface area (Å²) in [7, 11) is 0. The molecule has 0 radical (unpaired) electrons. The normalized spacial score (nSPS) is 17.8. The number of anilines is 1. The third-order valence-electron chi connectivity index (χ3n) is 3.02. The highest BCUT2D eigenvalue weighted by atomic mass is 32.1. The molecule has 2 aromatic rings. The van der Waals surface area contributed by atoms with E-state index in [1.54, 1.807) is 31.2 Å². The second kappa shape index (κ2) is 6.01. The molecule has 0 fully saturated rings. The SMILES string of the molecule is CC1=NN(c2ccccc2)C(=O)C1N=Nc1ncc([N+](=O)[O-])s1. The Balaban J connectivity index is 1.78. The molecule has 1 aromatic carbocycles. The first-order valence-electron chi connectivity index (χ1n) is 6.51. The van der Waals surface area contributed by atoms with Crippen LogP contribution >= 0.6 is 11.3 Å². The molecule has 1 aromatic heterocycles. The fourth-order valence-electron chi connectivity index (χ4n) is 1.94. The first-order valence-corrected chi connectivity index (χ1v) is 7.33. The Bertz CT molecular complexity index is 816. The summed E-state index contributed by atoms with van der Waals surface area (Å²) in [5.74, 6) is -0.330. The minimum Gasteiger partial charge on any atom is -0.269 e. The van der Waals surface area contributed by atoms with Gasteiger partial charge in [0.25, 0.3) is 5.91 Å². The number of nitro groups is 1. The van der Waals surface area contributed by atoms with E-state index in [0.717, 1.165) is 17.5 Å². The molecule has 3 rings (SSSR count). The number of hydrogen-bond acceptors (Lipinski definition) is 8. The van der Waals surface area contributed by atoms with E-state index in [4.69, 9.17) is 0 Å². The van der Waals surface area contributed by atoms with Gasteiger partial charge in [0.1, 0.15) is 6.20 Å². The first kappa shape index (κ1) is 14.9. The number of para-hydroxylation sites is 1. The summed E-state index contributed by atoms with van der Waals surface area (Å²) in [6.45, 7) is 1.68. The van der Waals surface area contributed by atoms with Gasteiger partial charge < -0.3 is 0 Å². The van der Waals surface area contributed by atoms with E-state index in [1.807, 2.05) is 6.07 Å². The predicted molar refractivity (Wildman–Crippen MR) is 84.1 cm³/mol. The molecular weight excluding hydrogens is 320 g/mol. The topological polar surface area (TPSA) is 113 Å². The van der Waals surface area contributed by atoms with E-state index >= 15 is 0 Å². The lowest BCUT2D eigenvalue weighted by Crippen LogP contribution is -2.29. The van der Waals surface area contributed by atoms with Crippen molar-refractivity contribution in [3.63, 3.8) is 0 Å². The molecule has 10 heteroatoms. The Morgan fingerprint density at radius 1 is 1.35 bits per heavy atom. The number of thiazole rings is 1. The summed E-state index contributed by atoms with van der Waals surface area (Å²) in [4.78, 5) is 26.2. The molecular formula is C13H10N6O3S. The predicted octanol–water partition coefficient (Wildman–Crippen LogP) is 2.93. The number of benzene rings is 1. The molecule has 1 unspecified atom stereocenters. The molecule has 1 amide bonds. The molecule has 0 spiro atoms. The lowest BCUT2D eigenvalue weighted by atomic mass is 10.2. The number of carbonyl (C=O) groups is 1. The van der Waals surface area contributed by atoms with Crippen LogP contribution in [-0.4, -0.2) is 27.6 Å². The molecule has 0 N–H and O–H groups in total. The molecule has 0 bridgehead atoms. The monoisotopic (exact) mass is 330 g/mol. The number of hydrazone groups is 1. The number of nitrogens with zero attached hydrogens (tertiary/aromatic N) is 6. The van der Waals surface area contributed by atoms with Crippen LogP contribution in [0.5, 0.6) is 0 Å². The van der Waals surface area contributed by atoms with Crippen LogP contribution in [-0.2, 0) is 4.79 Å². The zero-order chi connectivity index (χ0) is 16.4. The van der Waals surface area contributed by atoms with E-state index in [1.165, 1.54) is 5.01 Å². The third kappa shape index (κ3) is 2.97. The van der Waals surface area contributed by atoms with E-state index in [9.17, 15) is 14.9 Å². The van der Waals surface area contributed by atoms with Crippen LogP contribution in [0.3, 0.4) is 0 Å². The maximum Gasteiger partial charge on any atom is 0.345 e. The highest BCUT2D eigenvalue weighted by molar-refractivity contribution is 7.18. The van der Waals surface area contributed by atoms with Gasteiger partial charge in [-0.15, -0.1) is 5.11 Å². The van der Waals surface area contributed by atoms with Gasteiger partial charge in [-0.25, -0.2) is 4.98 Å². The van der Waals surface area contributed by atoms with Gasteiger partial charge in [-0.05, 0) is 30.4 Å². The largest absolute Gasteiger partial charge is 0.345 e. The molecule has 23 heavy (non-hydrogen) atoms. The average Bonchev–Trinajstić information content (AvgIpc) is 3.12. The fraction of sp³-hybridized carbons (Fsp3) is 0.154. The molecule has 9 nitrogen and oxygen atoms in total. The number of carbonyl (C=O) groups excluding carboxylic acids is 1. The van der Waals surface area contributed by atoms with Gasteiger partial charge in [-0.3, -0.25) is 14.9 Å². The molecule has 1 atom stereocenters. The Labute approximate surface area is 134 Å². The smallest absolute Gasteiger partial charge is 0.269 e. The Morgan fingerprint density at radius 2 is 2.09 bits per heavy atom. The molecule has 2 heterocycles. The first-order chi connectivity index (χ1) is 11.1. The Morgan fingerprint density at radius 3 is 2.74 bits per heavy atom. The van der Waals surface area contributed by atoms with Gasteiger partial charge in [-0.1, -0.05) is 18.2 Å². The summed E-state index contributed by atoms with van der Waals surface area (Å²) >= 11 is 0.789. The maximum atomic E-state index is 12.4. The van der Waals surface area contributed by atoms with Gasteiger partial charge >= 0.3 is 5.00 Å². The molecule has 116 valence electrons. The van der Waals surface area contributed by atoms with Crippen LogP contribution in [0.4, 0.5) is 15.8 Å². The summed E-state index contributed by atoms with van der Waals surface area (Å²) < 4.78 is 0. The zero-order valence-electron chi connectivity index (χ0n) is 11.9. The van der Waals surface area contributed by atoms with Gasteiger partial charge in [0.15, 0.2) is 6.04 Å². The maximum absolute atomic E-state index is 12.4. The van der Waals surface area contributed by atoms with Gasteiger partial charge in [-0.2, -0.15) is 15.2 Å². The molecule has 0 saturated carbocycles. The fourth-order valence-corrected chi connectivity index (χ4v) is 2.50. The van der Waals surface area contributed by atoms with Crippen molar-refractivity contribution in [2.24, 2.45) is 15.3 Å². The van der Waals surface area contributed by atoms with Crippen LogP contribution in [0.15, 0.2) is 51.9 Å². The van der Waals surface area contributed by atoms with Gasteiger partial charge in [0, 0.05) is 0 Å². The number of rotatable bonds is 4. The molecule has 1 aliphatic heterocycles. The average molecular weight is 330 g/mol. The summed E-state index contributed by atoms with van der Waals surface area (Å²) in [6, 6.07) is 8.12. The van der Waals surface area contributed by atoms with Crippen molar-refractivity contribution in [1.82, 2.24) is 4.98 Å². The van der Waals surface area contributed by atoms with Crippen molar-refractivity contribution < 1.29 is 9.72 Å².